The lowest BCUT2D eigenvalue weighted by molar-refractivity contribution is 0.0964. The van der Waals surface area contributed by atoms with Crippen molar-refractivity contribution >= 4 is 43.5 Å². The summed E-state index contributed by atoms with van der Waals surface area (Å²) in [4.78, 5) is 20.9. The standard InChI is InChI=1S/C32H25F3N4O4S/c1-36-32(40)30-24-13-23(20-11-21(16-37-15-20)26-12-19-5-3-4-6-25(19)38-26)27(39(17-29(34)35)44(2,41)42)14-28(24)43-31(30)18-7-9-22(33)10-8-18/h3-16,29,38H,17H2,1-2H3,(H,36,40). The number of hydrogen-bond donors (Lipinski definition) is 2. The Kier molecular flexibility index (Phi) is 7.38. The van der Waals surface area contributed by atoms with Crippen LogP contribution in [0.25, 0.3) is 55.6 Å². The number of sulfonamides is 1. The van der Waals surface area contributed by atoms with Gasteiger partial charge in [-0.05, 0) is 48.5 Å². The molecule has 12 heteroatoms. The fourth-order valence-electron chi connectivity index (χ4n) is 5.23. The molecule has 6 rings (SSSR count). The Morgan fingerprint density at radius 2 is 1.73 bits per heavy atom. The molecule has 224 valence electrons. The number of hydrogen-bond acceptors (Lipinski definition) is 5. The number of alkyl halides is 2. The molecule has 0 unspecified atom stereocenters. The third kappa shape index (κ3) is 5.39. The summed E-state index contributed by atoms with van der Waals surface area (Å²) in [6, 6.07) is 19.5. The number of halogens is 3. The number of nitrogens with one attached hydrogen (secondary N) is 2. The summed E-state index contributed by atoms with van der Waals surface area (Å²) in [5, 5.41) is 3.84. The topological polar surface area (TPSA) is 108 Å². The summed E-state index contributed by atoms with van der Waals surface area (Å²) >= 11 is 0. The SMILES string of the molecule is CNC(=O)c1c(-c2ccc(F)cc2)oc2cc(N(CC(F)F)S(C)(=O)=O)c(-c3cncc(-c4cc5ccccc5[nH]4)c3)cc12. The molecule has 0 aliphatic carbocycles. The van der Waals surface area contributed by atoms with Crippen LogP contribution in [0.1, 0.15) is 10.4 Å². The maximum Gasteiger partial charge on any atom is 0.257 e. The van der Waals surface area contributed by atoms with Crippen LogP contribution in [0.4, 0.5) is 18.9 Å². The summed E-state index contributed by atoms with van der Waals surface area (Å²) in [6.45, 7) is -1.11. The smallest absolute Gasteiger partial charge is 0.257 e. The fraction of sp³-hybridized carbons (Fsp3) is 0.125. The number of amides is 1. The quantitative estimate of drug-likeness (QED) is 0.194. The molecule has 1 amide bonds. The summed E-state index contributed by atoms with van der Waals surface area (Å²) in [6.07, 6.45) is 0.961. The molecule has 0 aliphatic heterocycles. The van der Waals surface area contributed by atoms with E-state index in [0.717, 1.165) is 22.9 Å². The van der Waals surface area contributed by atoms with Crippen LogP contribution in [-0.4, -0.2) is 50.6 Å². The number of nitrogens with zero attached hydrogens (tertiary/aromatic N) is 2. The fourth-order valence-corrected chi connectivity index (χ4v) is 6.12. The average molecular weight is 619 g/mol. The molecule has 0 bridgehead atoms. The van der Waals surface area contributed by atoms with Crippen LogP contribution in [0, 0.1) is 5.82 Å². The molecular formula is C32H25F3N4O4S. The number of H-pyrrole nitrogens is 1. The average Bonchev–Trinajstić information content (AvgIpc) is 3.60. The number of benzene rings is 3. The van der Waals surface area contributed by atoms with Gasteiger partial charge in [0.1, 0.15) is 17.2 Å². The molecular weight excluding hydrogens is 593 g/mol. The lowest BCUT2D eigenvalue weighted by Crippen LogP contribution is -2.34. The van der Waals surface area contributed by atoms with Crippen molar-refractivity contribution in [3.63, 3.8) is 0 Å². The molecule has 0 saturated heterocycles. The van der Waals surface area contributed by atoms with Crippen LogP contribution in [-0.2, 0) is 10.0 Å². The molecule has 0 fully saturated rings. The van der Waals surface area contributed by atoms with Gasteiger partial charge in [-0.3, -0.25) is 14.1 Å². The Labute approximate surface area is 250 Å². The molecule has 3 aromatic heterocycles. The Balaban J connectivity index is 1.63. The van der Waals surface area contributed by atoms with E-state index < -0.39 is 34.7 Å². The van der Waals surface area contributed by atoms with E-state index >= 15 is 0 Å². The van der Waals surface area contributed by atoms with Gasteiger partial charge in [-0.15, -0.1) is 0 Å². The number of carbonyl (C=O) groups excluding carboxylic acids is 1. The van der Waals surface area contributed by atoms with E-state index in [-0.39, 0.29) is 28.2 Å². The van der Waals surface area contributed by atoms with Crippen molar-refractivity contribution in [2.45, 2.75) is 6.43 Å². The minimum absolute atomic E-state index is 0.0734. The van der Waals surface area contributed by atoms with Crippen LogP contribution in [0.5, 0.6) is 0 Å². The van der Waals surface area contributed by atoms with Crippen LogP contribution >= 0.6 is 0 Å². The Bertz CT molecular complexity index is 2110. The van der Waals surface area contributed by atoms with E-state index in [2.05, 4.69) is 15.3 Å². The molecule has 0 radical (unpaired) electrons. The molecule has 0 spiro atoms. The van der Waals surface area contributed by atoms with Crippen molar-refractivity contribution in [3.05, 3.63) is 96.6 Å². The van der Waals surface area contributed by atoms with E-state index in [1.807, 2.05) is 30.3 Å². The first-order valence-electron chi connectivity index (χ1n) is 13.4. The molecule has 8 nitrogen and oxygen atoms in total. The van der Waals surface area contributed by atoms with E-state index in [9.17, 15) is 26.4 Å². The van der Waals surface area contributed by atoms with Crippen molar-refractivity contribution in [3.8, 4) is 33.7 Å². The number of para-hydroxylation sites is 1. The number of aromatic nitrogens is 2. The maximum atomic E-state index is 13.8. The summed E-state index contributed by atoms with van der Waals surface area (Å²) in [7, 11) is -2.77. The normalized spacial score (nSPS) is 11.9. The highest BCUT2D eigenvalue weighted by molar-refractivity contribution is 7.92. The van der Waals surface area contributed by atoms with Gasteiger partial charge in [0.2, 0.25) is 10.0 Å². The molecule has 6 aromatic rings. The maximum absolute atomic E-state index is 13.8. The molecule has 0 atom stereocenters. The van der Waals surface area contributed by atoms with E-state index in [1.54, 1.807) is 12.3 Å². The number of anilines is 1. The second-order valence-electron chi connectivity index (χ2n) is 10.2. The lowest BCUT2D eigenvalue weighted by atomic mass is 9.98. The first-order valence-corrected chi connectivity index (χ1v) is 15.3. The number of pyridine rings is 1. The minimum atomic E-state index is -4.21. The van der Waals surface area contributed by atoms with Gasteiger partial charge in [0.15, 0.2) is 0 Å². The number of rotatable bonds is 8. The lowest BCUT2D eigenvalue weighted by Gasteiger charge is -2.25. The van der Waals surface area contributed by atoms with Crippen molar-refractivity contribution in [2.75, 3.05) is 24.2 Å². The highest BCUT2D eigenvalue weighted by Crippen LogP contribution is 2.42. The van der Waals surface area contributed by atoms with Gasteiger partial charge < -0.3 is 14.7 Å². The molecule has 0 saturated carbocycles. The van der Waals surface area contributed by atoms with Gasteiger partial charge in [-0.1, -0.05) is 18.2 Å². The third-order valence-corrected chi connectivity index (χ3v) is 8.38. The van der Waals surface area contributed by atoms with Gasteiger partial charge >= 0.3 is 0 Å². The van der Waals surface area contributed by atoms with Gasteiger partial charge in [0.05, 0.1) is 24.1 Å². The van der Waals surface area contributed by atoms with Crippen LogP contribution in [0.15, 0.2) is 89.6 Å². The number of furan rings is 1. The molecule has 44 heavy (non-hydrogen) atoms. The van der Waals surface area contributed by atoms with Gasteiger partial charge in [0.25, 0.3) is 12.3 Å². The van der Waals surface area contributed by atoms with Crippen molar-refractivity contribution in [1.82, 2.24) is 15.3 Å². The highest BCUT2D eigenvalue weighted by atomic mass is 32.2. The predicted molar refractivity (Wildman–Crippen MR) is 164 cm³/mol. The molecule has 3 heterocycles. The van der Waals surface area contributed by atoms with Crippen molar-refractivity contribution in [2.24, 2.45) is 0 Å². The van der Waals surface area contributed by atoms with E-state index in [1.165, 1.54) is 49.6 Å². The number of carbonyl (C=O) groups is 1. The van der Waals surface area contributed by atoms with Crippen molar-refractivity contribution in [1.29, 1.82) is 0 Å². The van der Waals surface area contributed by atoms with E-state index in [4.69, 9.17) is 4.42 Å². The summed E-state index contributed by atoms with van der Waals surface area (Å²) in [5.74, 6) is -0.902. The second kappa shape index (κ2) is 11.2. The molecule has 0 aliphatic rings. The minimum Gasteiger partial charge on any atom is -0.455 e. The predicted octanol–water partition coefficient (Wildman–Crippen LogP) is 6.84. The first kappa shape index (κ1) is 29.0. The second-order valence-corrected chi connectivity index (χ2v) is 12.1. The largest absolute Gasteiger partial charge is 0.455 e. The van der Waals surface area contributed by atoms with Crippen molar-refractivity contribution < 1.29 is 30.8 Å². The Morgan fingerprint density at radius 1 is 1.00 bits per heavy atom. The Hall–Kier alpha value is -5.10. The van der Waals surface area contributed by atoms with Crippen LogP contribution < -0.4 is 9.62 Å². The number of aromatic amines is 1. The number of fused-ring (bicyclic) bond motifs is 2. The van der Waals surface area contributed by atoms with Crippen LogP contribution in [0.3, 0.4) is 0 Å². The summed E-state index contributed by atoms with van der Waals surface area (Å²) in [5.41, 5.74) is 3.43. The zero-order valence-corrected chi connectivity index (χ0v) is 24.3. The molecule has 2 N–H and O–H groups in total. The van der Waals surface area contributed by atoms with Crippen LogP contribution in [0.2, 0.25) is 0 Å². The third-order valence-electron chi connectivity index (χ3n) is 7.23. The van der Waals surface area contributed by atoms with Gasteiger partial charge in [-0.2, -0.15) is 0 Å². The zero-order chi connectivity index (χ0) is 31.2. The first-order chi connectivity index (χ1) is 21.0. The highest BCUT2D eigenvalue weighted by Gasteiger charge is 2.29. The monoisotopic (exact) mass is 618 g/mol. The zero-order valence-electron chi connectivity index (χ0n) is 23.4. The summed E-state index contributed by atoms with van der Waals surface area (Å²) < 4.78 is 73.7. The van der Waals surface area contributed by atoms with Gasteiger partial charge in [-0.25, -0.2) is 21.6 Å². The van der Waals surface area contributed by atoms with Gasteiger partial charge in [0, 0.05) is 69.7 Å². The van der Waals surface area contributed by atoms with E-state index in [0.29, 0.717) is 26.4 Å². The Morgan fingerprint density at radius 3 is 2.41 bits per heavy atom. The molecule has 3 aromatic carbocycles.